The number of amides is 1. The minimum Gasteiger partial charge on any atom is -0.324 e. The van der Waals surface area contributed by atoms with Crippen molar-refractivity contribution in [2.24, 2.45) is 5.41 Å². The van der Waals surface area contributed by atoms with Gasteiger partial charge in [0.05, 0.1) is 11.7 Å². The second kappa shape index (κ2) is 6.75. The van der Waals surface area contributed by atoms with Crippen LogP contribution >= 0.6 is 11.8 Å². The van der Waals surface area contributed by atoms with Crippen molar-refractivity contribution in [2.75, 3.05) is 11.9 Å². The third-order valence-electron chi connectivity index (χ3n) is 3.75. The second-order valence-corrected chi connectivity index (χ2v) is 6.88. The average molecular weight is 314 g/mol. The number of alkyl halides is 2. The van der Waals surface area contributed by atoms with Crippen LogP contribution < -0.4 is 10.6 Å². The van der Waals surface area contributed by atoms with Gasteiger partial charge in [0.2, 0.25) is 5.91 Å². The van der Waals surface area contributed by atoms with Gasteiger partial charge in [-0.15, -0.1) is 0 Å². The standard InChI is InChI=1S/C15H20F2N2OS/c1-15(2)8-5-9-18-12(15)13(20)19-10-6-3-4-7-11(10)21-14(16)17/h3-4,6-7,12,14,18H,5,8-9H2,1-2H3,(H,19,20). The molecule has 3 nitrogen and oxygen atoms in total. The van der Waals surface area contributed by atoms with Gasteiger partial charge in [-0.2, -0.15) is 8.78 Å². The van der Waals surface area contributed by atoms with Gasteiger partial charge in [0.1, 0.15) is 0 Å². The number of carbonyl (C=O) groups excluding carboxylic acids is 1. The fourth-order valence-electron chi connectivity index (χ4n) is 2.63. The molecule has 0 saturated carbocycles. The first-order valence-electron chi connectivity index (χ1n) is 6.98. The Kier molecular flexibility index (Phi) is 5.22. The molecular weight excluding hydrogens is 294 g/mol. The Labute approximate surface area is 127 Å². The SMILES string of the molecule is CC1(C)CCCNC1C(=O)Nc1ccccc1SC(F)F. The van der Waals surface area contributed by atoms with Gasteiger partial charge < -0.3 is 10.6 Å². The third-order valence-corrected chi connectivity index (χ3v) is 4.54. The first-order valence-corrected chi connectivity index (χ1v) is 7.86. The van der Waals surface area contributed by atoms with E-state index in [4.69, 9.17) is 0 Å². The molecule has 0 bridgehead atoms. The van der Waals surface area contributed by atoms with Crippen LogP contribution in [-0.2, 0) is 4.79 Å². The lowest BCUT2D eigenvalue weighted by molar-refractivity contribution is -0.121. The van der Waals surface area contributed by atoms with E-state index in [-0.39, 0.29) is 17.4 Å². The molecule has 1 fully saturated rings. The van der Waals surface area contributed by atoms with Crippen molar-refractivity contribution in [1.29, 1.82) is 0 Å². The van der Waals surface area contributed by atoms with E-state index in [1.807, 2.05) is 13.8 Å². The highest BCUT2D eigenvalue weighted by Gasteiger charge is 2.37. The normalized spacial score (nSPS) is 21.3. The molecule has 0 radical (unpaired) electrons. The Morgan fingerprint density at radius 2 is 2.14 bits per heavy atom. The van der Waals surface area contributed by atoms with E-state index in [9.17, 15) is 13.6 Å². The zero-order valence-corrected chi connectivity index (χ0v) is 13.0. The molecule has 6 heteroatoms. The number of carbonyl (C=O) groups is 1. The number of anilines is 1. The topological polar surface area (TPSA) is 41.1 Å². The Bertz CT molecular complexity index is 508. The zero-order valence-electron chi connectivity index (χ0n) is 12.2. The van der Waals surface area contributed by atoms with Gasteiger partial charge in [-0.3, -0.25) is 4.79 Å². The summed E-state index contributed by atoms with van der Waals surface area (Å²) in [6.45, 7) is 4.89. The molecule has 1 aliphatic heterocycles. The number of nitrogens with one attached hydrogen (secondary N) is 2. The number of para-hydroxylation sites is 1. The van der Waals surface area contributed by atoms with Crippen LogP contribution in [0.15, 0.2) is 29.2 Å². The molecule has 1 unspecified atom stereocenters. The van der Waals surface area contributed by atoms with Gasteiger partial charge in [-0.25, -0.2) is 0 Å². The number of benzene rings is 1. The Balaban J connectivity index is 2.12. The fraction of sp³-hybridized carbons (Fsp3) is 0.533. The molecule has 1 saturated heterocycles. The Morgan fingerprint density at radius 3 is 2.81 bits per heavy atom. The molecule has 0 aliphatic carbocycles. The molecule has 0 spiro atoms. The number of thioether (sulfide) groups is 1. The quantitative estimate of drug-likeness (QED) is 0.832. The van der Waals surface area contributed by atoms with E-state index in [1.54, 1.807) is 24.3 Å². The van der Waals surface area contributed by atoms with Crippen LogP contribution in [0.3, 0.4) is 0 Å². The lowest BCUT2D eigenvalue weighted by atomic mass is 9.77. The van der Waals surface area contributed by atoms with Gasteiger partial charge >= 0.3 is 0 Å². The minimum absolute atomic E-state index is 0.146. The fourth-order valence-corrected chi connectivity index (χ4v) is 3.23. The predicted molar refractivity (Wildman–Crippen MR) is 81.7 cm³/mol. The molecule has 1 heterocycles. The van der Waals surface area contributed by atoms with Crippen molar-refractivity contribution in [3.05, 3.63) is 24.3 Å². The highest BCUT2D eigenvalue weighted by molar-refractivity contribution is 7.99. The average Bonchev–Trinajstić information content (AvgIpc) is 2.39. The molecule has 1 amide bonds. The summed E-state index contributed by atoms with van der Waals surface area (Å²) >= 11 is 0.445. The summed E-state index contributed by atoms with van der Waals surface area (Å²) in [6.07, 6.45) is 2.00. The summed E-state index contributed by atoms with van der Waals surface area (Å²) in [4.78, 5) is 12.8. The Morgan fingerprint density at radius 1 is 1.43 bits per heavy atom. The van der Waals surface area contributed by atoms with Crippen molar-refractivity contribution in [3.8, 4) is 0 Å². The summed E-state index contributed by atoms with van der Waals surface area (Å²) < 4.78 is 25.1. The van der Waals surface area contributed by atoms with Crippen LogP contribution in [0.1, 0.15) is 26.7 Å². The molecule has 1 aromatic rings. The molecule has 1 atom stereocenters. The number of piperidine rings is 1. The van der Waals surface area contributed by atoms with Crippen LogP contribution in [0.2, 0.25) is 0 Å². The lowest BCUT2D eigenvalue weighted by Crippen LogP contribution is -2.53. The first kappa shape index (κ1) is 16.2. The van der Waals surface area contributed by atoms with E-state index in [0.29, 0.717) is 22.3 Å². The van der Waals surface area contributed by atoms with Gasteiger partial charge in [-0.05, 0) is 36.9 Å². The van der Waals surface area contributed by atoms with Crippen LogP contribution in [-0.4, -0.2) is 24.3 Å². The smallest absolute Gasteiger partial charge is 0.288 e. The summed E-state index contributed by atoms with van der Waals surface area (Å²) in [7, 11) is 0. The molecule has 1 aromatic carbocycles. The largest absolute Gasteiger partial charge is 0.324 e. The number of hydrogen-bond acceptors (Lipinski definition) is 3. The van der Waals surface area contributed by atoms with Gasteiger partial charge in [0, 0.05) is 4.90 Å². The lowest BCUT2D eigenvalue weighted by Gasteiger charge is -2.38. The maximum absolute atomic E-state index is 12.6. The summed E-state index contributed by atoms with van der Waals surface area (Å²) in [5, 5.41) is 6.01. The van der Waals surface area contributed by atoms with Crippen LogP contribution in [0.4, 0.5) is 14.5 Å². The predicted octanol–water partition coefficient (Wildman–Crippen LogP) is 3.72. The zero-order chi connectivity index (χ0) is 15.5. The van der Waals surface area contributed by atoms with Crippen LogP contribution in [0.5, 0.6) is 0 Å². The van der Waals surface area contributed by atoms with Crippen molar-refractivity contribution in [1.82, 2.24) is 5.32 Å². The monoisotopic (exact) mass is 314 g/mol. The second-order valence-electron chi connectivity index (χ2n) is 5.84. The number of halogens is 2. The van der Waals surface area contributed by atoms with Crippen molar-refractivity contribution in [3.63, 3.8) is 0 Å². The highest BCUT2D eigenvalue weighted by atomic mass is 32.2. The Hall–Kier alpha value is -1.14. The van der Waals surface area contributed by atoms with Gasteiger partial charge in [-0.1, -0.05) is 37.7 Å². The highest BCUT2D eigenvalue weighted by Crippen LogP contribution is 2.34. The van der Waals surface area contributed by atoms with Crippen LogP contribution in [0.25, 0.3) is 0 Å². The van der Waals surface area contributed by atoms with Gasteiger partial charge in [0.25, 0.3) is 5.76 Å². The summed E-state index contributed by atoms with van der Waals surface area (Å²) in [5.74, 6) is -2.67. The van der Waals surface area contributed by atoms with E-state index in [2.05, 4.69) is 10.6 Å². The summed E-state index contributed by atoms with van der Waals surface area (Å²) in [5.41, 5.74) is 0.295. The maximum atomic E-state index is 12.6. The summed E-state index contributed by atoms with van der Waals surface area (Å²) in [6, 6.07) is 6.34. The first-order chi connectivity index (χ1) is 9.90. The molecule has 2 N–H and O–H groups in total. The van der Waals surface area contributed by atoms with Crippen molar-refractivity contribution in [2.45, 2.75) is 43.4 Å². The van der Waals surface area contributed by atoms with Gasteiger partial charge in [0.15, 0.2) is 0 Å². The molecule has 2 rings (SSSR count). The van der Waals surface area contributed by atoms with E-state index in [1.165, 1.54) is 0 Å². The van der Waals surface area contributed by atoms with Crippen molar-refractivity contribution >= 4 is 23.4 Å². The van der Waals surface area contributed by atoms with E-state index < -0.39 is 5.76 Å². The third kappa shape index (κ3) is 4.17. The van der Waals surface area contributed by atoms with E-state index in [0.717, 1.165) is 19.4 Å². The maximum Gasteiger partial charge on any atom is 0.288 e. The number of hydrogen-bond donors (Lipinski definition) is 2. The number of rotatable bonds is 4. The molecule has 116 valence electrons. The molecule has 0 aromatic heterocycles. The molecule has 1 aliphatic rings. The molecule has 21 heavy (non-hydrogen) atoms. The van der Waals surface area contributed by atoms with Crippen molar-refractivity contribution < 1.29 is 13.6 Å². The minimum atomic E-state index is -2.51. The molecular formula is C15H20F2N2OS. The van der Waals surface area contributed by atoms with Crippen LogP contribution in [0, 0.1) is 5.41 Å². The van der Waals surface area contributed by atoms with E-state index >= 15 is 0 Å².